The van der Waals surface area contributed by atoms with Crippen LogP contribution in [0.25, 0.3) is 0 Å². The minimum absolute atomic E-state index is 0.0108. The van der Waals surface area contributed by atoms with Gasteiger partial charge in [0.1, 0.15) is 11.4 Å². The number of sulfonamides is 1. The average Bonchev–Trinajstić information content (AvgIpc) is 3.22. The second-order valence-corrected chi connectivity index (χ2v) is 8.06. The van der Waals surface area contributed by atoms with Crippen LogP contribution >= 0.6 is 11.6 Å². The molecular formula is C16H18ClNO4S. The van der Waals surface area contributed by atoms with Crippen molar-refractivity contribution in [1.82, 2.24) is 4.72 Å². The molecule has 1 aliphatic rings. The van der Waals surface area contributed by atoms with Crippen LogP contribution in [0.4, 0.5) is 0 Å². The van der Waals surface area contributed by atoms with E-state index >= 15 is 0 Å². The number of nitrogens with one attached hydrogen (secondary N) is 1. The van der Waals surface area contributed by atoms with Crippen molar-refractivity contribution in [3.05, 3.63) is 59.0 Å². The fourth-order valence-corrected chi connectivity index (χ4v) is 4.09. The van der Waals surface area contributed by atoms with Gasteiger partial charge in [-0.3, -0.25) is 0 Å². The smallest absolute Gasteiger partial charge is 0.215 e. The highest BCUT2D eigenvalue weighted by atomic mass is 35.5. The Morgan fingerprint density at radius 3 is 2.61 bits per heavy atom. The Hall–Kier alpha value is -1.34. The molecule has 7 heteroatoms. The molecule has 0 unspecified atom stereocenters. The van der Waals surface area contributed by atoms with E-state index in [2.05, 4.69) is 4.72 Å². The highest BCUT2D eigenvalue weighted by Crippen LogP contribution is 2.45. The number of aliphatic hydroxyl groups is 1. The van der Waals surface area contributed by atoms with Crippen molar-refractivity contribution in [2.45, 2.75) is 24.2 Å². The standard InChI is InChI=1S/C16H18ClNO4S/c17-14-5-2-1-4-12(14)10-23(20,21)18-11-16(19,13-7-8-13)15-6-3-9-22-15/h1-6,9,13,18-19H,7-8,10-11H2/t16-/m0/s1. The monoisotopic (exact) mass is 355 g/mol. The molecule has 23 heavy (non-hydrogen) atoms. The lowest BCUT2D eigenvalue weighted by Crippen LogP contribution is -2.42. The maximum absolute atomic E-state index is 12.3. The van der Waals surface area contributed by atoms with E-state index in [-0.39, 0.29) is 18.2 Å². The molecule has 1 saturated carbocycles. The minimum atomic E-state index is -3.62. The van der Waals surface area contributed by atoms with Crippen LogP contribution in [0.15, 0.2) is 47.1 Å². The Balaban J connectivity index is 1.72. The Morgan fingerprint density at radius 2 is 2.00 bits per heavy atom. The molecule has 124 valence electrons. The molecule has 0 bridgehead atoms. The lowest BCUT2D eigenvalue weighted by atomic mass is 9.95. The van der Waals surface area contributed by atoms with Crippen molar-refractivity contribution in [3.63, 3.8) is 0 Å². The van der Waals surface area contributed by atoms with Crippen LogP contribution in [0.1, 0.15) is 24.2 Å². The van der Waals surface area contributed by atoms with Gasteiger partial charge in [0.15, 0.2) is 0 Å². The molecule has 1 fully saturated rings. The third-order valence-corrected chi connectivity index (χ3v) is 5.71. The Morgan fingerprint density at radius 1 is 1.26 bits per heavy atom. The first kappa shape index (κ1) is 16.5. The summed E-state index contributed by atoms with van der Waals surface area (Å²) in [7, 11) is -3.62. The summed E-state index contributed by atoms with van der Waals surface area (Å²) in [5.74, 6) is 0.170. The maximum Gasteiger partial charge on any atom is 0.215 e. The number of rotatable bonds is 7. The number of halogens is 1. The van der Waals surface area contributed by atoms with Gasteiger partial charge in [0.2, 0.25) is 10.0 Å². The molecule has 3 rings (SSSR count). The fourth-order valence-electron chi connectivity index (χ4n) is 2.61. The van der Waals surface area contributed by atoms with Gasteiger partial charge >= 0.3 is 0 Å². The third kappa shape index (κ3) is 3.77. The maximum atomic E-state index is 12.3. The van der Waals surface area contributed by atoms with E-state index in [9.17, 15) is 13.5 Å². The van der Waals surface area contributed by atoms with Crippen LogP contribution < -0.4 is 4.72 Å². The zero-order valence-corrected chi connectivity index (χ0v) is 14.0. The minimum Gasteiger partial charge on any atom is -0.466 e. The second kappa shape index (κ2) is 6.28. The van der Waals surface area contributed by atoms with E-state index in [4.69, 9.17) is 16.0 Å². The van der Waals surface area contributed by atoms with E-state index in [1.165, 1.54) is 6.26 Å². The van der Waals surface area contributed by atoms with Crippen molar-refractivity contribution in [1.29, 1.82) is 0 Å². The zero-order chi connectivity index (χ0) is 16.5. The fraction of sp³-hybridized carbons (Fsp3) is 0.375. The summed E-state index contributed by atoms with van der Waals surface area (Å²) < 4.78 is 32.4. The second-order valence-electron chi connectivity index (χ2n) is 5.85. The summed E-state index contributed by atoms with van der Waals surface area (Å²) in [4.78, 5) is 0. The average molecular weight is 356 g/mol. The van der Waals surface area contributed by atoms with Crippen LogP contribution in [0.5, 0.6) is 0 Å². The van der Waals surface area contributed by atoms with E-state index < -0.39 is 15.6 Å². The Kier molecular flexibility index (Phi) is 4.51. The van der Waals surface area contributed by atoms with Gasteiger partial charge < -0.3 is 9.52 Å². The highest BCUT2D eigenvalue weighted by molar-refractivity contribution is 7.88. The van der Waals surface area contributed by atoms with Gasteiger partial charge in [0.05, 0.1) is 12.0 Å². The SMILES string of the molecule is O=S(=O)(Cc1ccccc1Cl)NC[C@@](O)(c1ccco1)C1CC1. The van der Waals surface area contributed by atoms with Gasteiger partial charge in [-0.1, -0.05) is 29.8 Å². The molecule has 0 radical (unpaired) electrons. The zero-order valence-electron chi connectivity index (χ0n) is 12.4. The van der Waals surface area contributed by atoms with Gasteiger partial charge in [-0.05, 0) is 42.5 Å². The van der Waals surface area contributed by atoms with Crippen LogP contribution in [-0.2, 0) is 21.4 Å². The lowest BCUT2D eigenvalue weighted by Gasteiger charge is -2.26. The number of benzene rings is 1. The van der Waals surface area contributed by atoms with E-state index in [1.807, 2.05) is 0 Å². The van der Waals surface area contributed by atoms with Gasteiger partial charge in [-0.25, -0.2) is 13.1 Å². The van der Waals surface area contributed by atoms with Gasteiger partial charge in [0.25, 0.3) is 0 Å². The van der Waals surface area contributed by atoms with Crippen LogP contribution in [0, 0.1) is 5.92 Å². The largest absolute Gasteiger partial charge is 0.466 e. The topological polar surface area (TPSA) is 79.5 Å². The first-order valence-corrected chi connectivity index (χ1v) is 9.41. The molecule has 5 nitrogen and oxygen atoms in total. The molecule has 1 heterocycles. The lowest BCUT2D eigenvalue weighted by molar-refractivity contribution is -0.00225. The van der Waals surface area contributed by atoms with Crippen molar-refractivity contribution in [3.8, 4) is 0 Å². The quantitative estimate of drug-likeness (QED) is 0.800. The van der Waals surface area contributed by atoms with Crippen molar-refractivity contribution < 1.29 is 17.9 Å². The molecule has 2 N–H and O–H groups in total. The molecular weight excluding hydrogens is 338 g/mol. The van der Waals surface area contributed by atoms with Gasteiger partial charge in [-0.2, -0.15) is 0 Å². The molecule has 0 amide bonds. The first-order chi connectivity index (χ1) is 10.9. The molecule has 1 aromatic carbocycles. The first-order valence-electron chi connectivity index (χ1n) is 7.38. The molecule has 1 atom stereocenters. The summed E-state index contributed by atoms with van der Waals surface area (Å²) in [5.41, 5.74) is -0.786. The molecule has 2 aromatic rings. The Labute approximate surface area is 140 Å². The van der Waals surface area contributed by atoms with E-state index in [0.717, 1.165) is 12.8 Å². The van der Waals surface area contributed by atoms with Crippen molar-refractivity contribution >= 4 is 21.6 Å². The Bertz CT molecular complexity index is 771. The van der Waals surface area contributed by atoms with Crippen molar-refractivity contribution in [2.75, 3.05) is 6.54 Å². The van der Waals surface area contributed by atoms with Gasteiger partial charge in [-0.15, -0.1) is 0 Å². The summed E-state index contributed by atoms with van der Waals surface area (Å²) >= 11 is 6.01. The molecule has 1 aliphatic carbocycles. The van der Waals surface area contributed by atoms with Crippen molar-refractivity contribution in [2.24, 2.45) is 5.92 Å². The molecule has 1 aromatic heterocycles. The molecule has 0 aliphatic heterocycles. The summed E-state index contributed by atoms with van der Waals surface area (Å²) in [5, 5.41) is 11.3. The summed E-state index contributed by atoms with van der Waals surface area (Å²) in [6.45, 7) is -0.113. The highest BCUT2D eigenvalue weighted by Gasteiger charge is 2.47. The predicted octanol–water partition coefficient (Wildman–Crippen LogP) is 2.65. The number of hydrogen-bond acceptors (Lipinski definition) is 4. The molecule has 0 spiro atoms. The van der Waals surface area contributed by atoms with Gasteiger partial charge in [0, 0.05) is 11.6 Å². The van der Waals surface area contributed by atoms with Crippen LogP contribution in [0.3, 0.4) is 0 Å². The predicted molar refractivity (Wildman–Crippen MR) is 87.4 cm³/mol. The normalized spacial score (nSPS) is 17.8. The number of furan rings is 1. The van der Waals surface area contributed by atoms with Crippen LogP contribution in [-0.4, -0.2) is 20.1 Å². The third-order valence-electron chi connectivity index (χ3n) is 4.07. The van der Waals surface area contributed by atoms with Crippen LogP contribution in [0.2, 0.25) is 5.02 Å². The van der Waals surface area contributed by atoms with E-state index in [1.54, 1.807) is 36.4 Å². The summed E-state index contributed by atoms with van der Waals surface area (Å²) in [6.07, 6.45) is 3.17. The molecule has 0 saturated heterocycles. The number of hydrogen-bond donors (Lipinski definition) is 2. The van der Waals surface area contributed by atoms with E-state index in [0.29, 0.717) is 16.3 Å². The summed E-state index contributed by atoms with van der Waals surface area (Å²) in [6, 6.07) is 10.1.